The molecule has 0 aromatic heterocycles. The second kappa shape index (κ2) is 11.2. The zero-order chi connectivity index (χ0) is 23.8. The standard InChI is InChI=1S/C25H24ClNO6/c1-29-21-12-11-16(9-10-17-14-22(30-2)24(32-4)23(15-17)31-3)13-19(21)27-25(28)33-20-8-6-5-7-18(20)26/h5-15H,1-4H3,(H,27,28)/b10-9-. The molecular formula is C25H24ClNO6. The summed E-state index contributed by atoms with van der Waals surface area (Å²) < 4.78 is 26.8. The Balaban J connectivity index is 1.83. The molecule has 3 aromatic rings. The van der Waals surface area contributed by atoms with Crippen molar-refractivity contribution >= 4 is 35.5 Å². The van der Waals surface area contributed by atoms with E-state index >= 15 is 0 Å². The number of methoxy groups -OCH3 is 4. The third kappa shape index (κ3) is 5.90. The van der Waals surface area contributed by atoms with Crippen molar-refractivity contribution < 1.29 is 28.5 Å². The van der Waals surface area contributed by atoms with Crippen LogP contribution in [0, 0.1) is 0 Å². The topological polar surface area (TPSA) is 75.3 Å². The molecule has 0 aliphatic heterocycles. The molecule has 0 aliphatic rings. The molecule has 0 heterocycles. The predicted octanol–water partition coefficient (Wildman–Crippen LogP) is 6.16. The van der Waals surface area contributed by atoms with Crippen LogP contribution in [0.3, 0.4) is 0 Å². The highest BCUT2D eigenvalue weighted by molar-refractivity contribution is 6.32. The summed E-state index contributed by atoms with van der Waals surface area (Å²) in [6, 6.07) is 15.8. The smallest absolute Gasteiger partial charge is 0.417 e. The zero-order valence-corrected chi connectivity index (χ0v) is 19.4. The number of halogens is 1. The van der Waals surface area contributed by atoms with Crippen LogP contribution in [0.2, 0.25) is 5.02 Å². The third-order valence-corrected chi connectivity index (χ3v) is 4.97. The van der Waals surface area contributed by atoms with E-state index in [-0.39, 0.29) is 5.75 Å². The van der Waals surface area contributed by atoms with Crippen LogP contribution in [0.5, 0.6) is 28.7 Å². The van der Waals surface area contributed by atoms with E-state index in [2.05, 4.69) is 5.32 Å². The van der Waals surface area contributed by atoms with Gasteiger partial charge in [-0.25, -0.2) is 4.79 Å². The molecule has 172 valence electrons. The highest BCUT2D eigenvalue weighted by Crippen LogP contribution is 2.38. The van der Waals surface area contributed by atoms with Crippen molar-refractivity contribution in [1.82, 2.24) is 0 Å². The first-order chi connectivity index (χ1) is 16.0. The van der Waals surface area contributed by atoms with E-state index in [9.17, 15) is 4.79 Å². The maximum absolute atomic E-state index is 12.4. The average molecular weight is 470 g/mol. The number of ether oxygens (including phenoxy) is 5. The Labute approximate surface area is 197 Å². The number of benzene rings is 3. The Kier molecular flexibility index (Phi) is 8.05. The van der Waals surface area contributed by atoms with Gasteiger partial charge in [0, 0.05) is 0 Å². The molecule has 33 heavy (non-hydrogen) atoms. The van der Waals surface area contributed by atoms with Crippen LogP contribution in [0.15, 0.2) is 54.6 Å². The Bertz CT molecular complexity index is 1140. The molecule has 0 atom stereocenters. The molecule has 0 aliphatic carbocycles. The van der Waals surface area contributed by atoms with E-state index in [0.717, 1.165) is 11.1 Å². The molecule has 3 aromatic carbocycles. The normalized spacial score (nSPS) is 10.6. The summed E-state index contributed by atoms with van der Waals surface area (Å²) in [5.41, 5.74) is 2.10. The summed E-state index contributed by atoms with van der Waals surface area (Å²) in [6.45, 7) is 0. The number of hydrogen-bond acceptors (Lipinski definition) is 6. The highest BCUT2D eigenvalue weighted by atomic mass is 35.5. The lowest BCUT2D eigenvalue weighted by Gasteiger charge is -2.13. The van der Waals surface area contributed by atoms with E-state index in [1.807, 2.05) is 30.4 Å². The summed E-state index contributed by atoms with van der Waals surface area (Å²) in [4.78, 5) is 12.4. The van der Waals surface area contributed by atoms with Gasteiger partial charge >= 0.3 is 6.09 Å². The third-order valence-electron chi connectivity index (χ3n) is 4.65. The minimum atomic E-state index is -0.688. The minimum Gasteiger partial charge on any atom is -0.495 e. The van der Waals surface area contributed by atoms with Gasteiger partial charge in [0.2, 0.25) is 5.75 Å². The van der Waals surface area contributed by atoms with Gasteiger partial charge in [-0.05, 0) is 47.5 Å². The molecule has 0 spiro atoms. The first kappa shape index (κ1) is 23.8. The lowest BCUT2D eigenvalue weighted by Crippen LogP contribution is -2.17. The lowest BCUT2D eigenvalue weighted by atomic mass is 10.1. The van der Waals surface area contributed by atoms with Crippen LogP contribution in [-0.4, -0.2) is 34.5 Å². The number of para-hydroxylation sites is 1. The fourth-order valence-electron chi connectivity index (χ4n) is 3.08. The van der Waals surface area contributed by atoms with Crippen LogP contribution in [0.4, 0.5) is 10.5 Å². The van der Waals surface area contributed by atoms with Gasteiger partial charge in [0.25, 0.3) is 0 Å². The van der Waals surface area contributed by atoms with Crippen molar-refractivity contribution in [2.75, 3.05) is 33.8 Å². The summed E-state index contributed by atoms with van der Waals surface area (Å²) in [5, 5.41) is 3.03. The number of carbonyl (C=O) groups is 1. The van der Waals surface area contributed by atoms with Gasteiger partial charge in [-0.15, -0.1) is 0 Å². The molecule has 0 unspecified atom stereocenters. The van der Waals surface area contributed by atoms with Crippen molar-refractivity contribution in [3.05, 3.63) is 70.7 Å². The Morgan fingerprint density at radius 1 is 0.758 bits per heavy atom. The van der Waals surface area contributed by atoms with Gasteiger partial charge < -0.3 is 23.7 Å². The van der Waals surface area contributed by atoms with Gasteiger partial charge in [-0.3, -0.25) is 5.32 Å². The maximum atomic E-state index is 12.4. The zero-order valence-electron chi connectivity index (χ0n) is 18.7. The summed E-state index contributed by atoms with van der Waals surface area (Å²) in [7, 11) is 6.20. The molecule has 0 radical (unpaired) electrons. The Hall–Kier alpha value is -3.84. The SMILES string of the molecule is COc1ccc(/C=C\c2cc(OC)c(OC)c(OC)c2)cc1NC(=O)Oc1ccccc1Cl. The van der Waals surface area contributed by atoms with Gasteiger partial charge in [0.15, 0.2) is 17.2 Å². The second-order valence-corrected chi connectivity index (χ2v) is 7.10. The van der Waals surface area contributed by atoms with Crippen LogP contribution < -0.4 is 29.0 Å². The summed E-state index contributed by atoms with van der Waals surface area (Å²) >= 11 is 6.05. The summed E-state index contributed by atoms with van der Waals surface area (Å²) in [6.07, 6.45) is 3.08. The lowest BCUT2D eigenvalue weighted by molar-refractivity contribution is 0.215. The molecule has 1 N–H and O–H groups in total. The molecule has 1 amide bonds. The van der Waals surface area contributed by atoms with Crippen molar-refractivity contribution in [2.24, 2.45) is 0 Å². The predicted molar refractivity (Wildman–Crippen MR) is 129 cm³/mol. The molecule has 0 fully saturated rings. The Morgan fingerprint density at radius 2 is 1.39 bits per heavy atom. The molecule has 0 bridgehead atoms. The molecular weight excluding hydrogens is 446 g/mol. The first-order valence-electron chi connectivity index (χ1n) is 9.88. The molecule has 0 saturated carbocycles. The number of nitrogens with one attached hydrogen (secondary N) is 1. The largest absolute Gasteiger partial charge is 0.495 e. The monoisotopic (exact) mass is 469 g/mol. The van der Waals surface area contributed by atoms with Gasteiger partial charge in [0.1, 0.15) is 5.75 Å². The van der Waals surface area contributed by atoms with Crippen LogP contribution >= 0.6 is 11.6 Å². The molecule has 3 rings (SSSR count). The van der Waals surface area contributed by atoms with E-state index in [4.69, 9.17) is 35.3 Å². The number of anilines is 1. The molecule has 8 heteroatoms. The highest BCUT2D eigenvalue weighted by Gasteiger charge is 2.13. The fourth-order valence-corrected chi connectivity index (χ4v) is 3.25. The molecule has 0 saturated heterocycles. The van der Waals surface area contributed by atoms with E-state index < -0.39 is 6.09 Å². The minimum absolute atomic E-state index is 0.258. The van der Waals surface area contributed by atoms with E-state index in [1.54, 1.807) is 57.7 Å². The van der Waals surface area contributed by atoms with Crippen LogP contribution in [0.1, 0.15) is 11.1 Å². The number of carbonyl (C=O) groups excluding carboxylic acids is 1. The summed E-state index contributed by atoms with van der Waals surface area (Å²) in [5.74, 6) is 2.36. The van der Waals surface area contributed by atoms with Crippen molar-refractivity contribution in [3.8, 4) is 28.7 Å². The van der Waals surface area contributed by atoms with Crippen molar-refractivity contribution in [2.45, 2.75) is 0 Å². The van der Waals surface area contributed by atoms with Gasteiger partial charge in [-0.1, -0.05) is 42.0 Å². The van der Waals surface area contributed by atoms with Crippen LogP contribution in [-0.2, 0) is 0 Å². The Morgan fingerprint density at radius 3 is 2.00 bits per heavy atom. The molecule has 7 nitrogen and oxygen atoms in total. The number of hydrogen-bond donors (Lipinski definition) is 1. The van der Waals surface area contributed by atoms with Crippen LogP contribution in [0.25, 0.3) is 12.2 Å². The second-order valence-electron chi connectivity index (χ2n) is 6.70. The van der Waals surface area contributed by atoms with Gasteiger partial charge in [0.05, 0.1) is 39.1 Å². The van der Waals surface area contributed by atoms with E-state index in [0.29, 0.717) is 33.7 Å². The van der Waals surface area contributed by atoms with Crippen molar-refractivity contribution in [3.63, 3.8) is 0 Å². The number of amides is 1. The average Bonchev–Trinajstić information content (AvgIpc) is 2.83. The number of rotatable bonds is 8. The van der Waals surface area contributed by atoms with Crippen molar-refractivity contribution in [1.29, 1.82) is 0 Å². The quantitative estimate of drug-likeness (QED) is 0.398. The first-order valence-corrected chi connectivity index (χ1v) is 10.3. The maximum Gasteiger partial charge on any atom is 0.417 e. The van der Waals surface area contributed by atoms with E-state index in [1.165, 1.54) is 7.11 Å². The van der Waals surface area contributed by atoms with Gasteiger partial charge in [-0.2, -0.15) is 0 Å². The fraction of sp³-hybridized carbons (Fsp3) is 0.160.